The minimum absolute atomic E-state index is 0.104. The first-order valence-corrected chi connectivity index (χ1v) is 8.28. The van der Waals surface area contributed by atoms with Gasteiger partial charge >= 0.3 is 0 Å². The molecule has 1 aliphatic heterocycles. The number of halogens is 1. The summed E-state index contributed by atoms with van der Waals surface area (Å²) in [5, 5.41) is 15.2. The molecule has 0 spiro atoms. The summed E-state index contributed by atoms with van der Waals surface area (Å²) in [7, 11) is 0. The van der Waals surface area contributed by atoms with Crippen LogP contribution in [0.4, 0.5) is 0 Å². The van der Waals surface area contributed by atoms with Crippen LogP contribution in [0.3, 0.4) is 0 Å². The van der Waals surface area contributed by atoms with Crippen LogP contribution in [-0.2, 0) is 11.3 Å². The number of fused-ring (bicyclic) bond motifs is 1. The molecule has 3 rings (SSSR count). The fourth-order valence-corrected chi connectivity index (χ4v) is 2.51. The number of benzene rings is 2. The van der Waals surface area contributed by atoms with E-state index < -0.39 is 24.5 Å². The van der Waals surface area contributed by atoms with Gasteiger partial charge in [-0.15, -0.1) is 0 Å². The van der Waals surface area contributed by atoms with Crippen LogP contribution in [0.5, 0.6) is 11.5 Å². The fraction of sp³-hybridized carbons (Fsp3) is 0.222. The molecule has 1 atom stereocenters. The Morgan fingerprint density at radius 1 is 1.12 bits per heavy atom. The number of ether oxygens (including phenoxy) is 2. The molecular weight excluding hydrogens is 360 g/mol. The van der Waals surface area contributed by atoms with Crippen molar-refractivity contribution < 1.29 is 24.2 Å². The van der Waals surface area contributed by atoms with Gasteiger partial charge in [0.2, 0.25) is 12.7 Å². The van der Waals surface area contributed by atoms with Gasteiger partial charge in [-0.05, 0) is 35.9 Å². The van der Waals surface area contributed by atoms with Crippen molar-refractivity contribution in [1.82, 2.24) is 10.6 Å². The number of carbonyl (C=O) groups is 2. The van der Waals surface area contributed by atoms with Crippen LogP contribution >= 0.6 is 11.6 Å². The van der Waals surface area contributed by atoms with E-state index in [0.717, 1.165) is 5.56 Å². The van der Waals surface area contributed by atoms with Crippen molar-refractivity contribution in [2.24, 2.45) is 0 Å². The maximum absolute atomic E-state index is 12.3. The van der Waals surface area contributed by atoms with E-state index >= 15 is 0 Å². The van der Waals surface area contributed by atoms with Crippen LogP contribution < -0.4 is 20.1 Å². The summed E-state index contributed by atoms with van der Waals surface area (Å²) < 4.78 is 10.4. The molecule has 26 heavy (non-hydrogen) atoms. The predicted molar refractivity (Wildman–Crippen MR) is 94.2 cm³/mol. The number of hydrogen-bond acceptors (Lipinski definition) is 5. The third-order valence-electron chi connectivity index (χ3n) is 3.82. The van der Waals surface area contributed by atoms with Crippen molar-refractivity contribution >= 4 is 23.4 Å². The molecule has 2 aromatic rings. The largest absolute Gasteiger partial charge is 0.454 e. The van der Waals surface area contributed by atoms with Crippen LogP contribution in [0.2, 0.25) is 5.02 Å². The Morgan fingerprint density at radius 3 is 2.58 bits per heavy atom. The molecule has 0 bridgehead atoms. The highest BCUT2D eigenvalue weighted by Gasteiger charge is 2.22. The number of hydrogen-bond donors (Lipinski definition) is 3. The van der Waals surface area contributed by atoms with Crippen LogP contribution in [0.25, 0.3) is 0 Å². The lowest BCUT2D eigenvalue weighted by Crippen LogP contribution is -2.48. The molecule has 0 unspecified atom stereocenters. The molecule has 0 saturated carbocycles. The minimum Gasteiger partial charge on any atom is -0.454 e. The monoisotopic (exact) mass is 376 g/mol. The van der Waals surface area contributed by atoms with Gasteiger partial charge in [0.1, 0.15) is 6.04 Å². The topological polar surface area (TPSA) is 96.9 Å². The third-order valence-corrected chi connectivity index (χ3v) is 4.07. The molecule has 2 amide bonds. The van der Waals surface area contributed by atoms with E-state index in [0.29, 0.717) is 22.1 Å². The Balaban J connectivity index is 1.58. The lowest BCUT2D eigenvalue weighted by molar-refractivity contribution is -0.124. The summed E-state index contributed by atoms with van der Waals surface area (Å²) in [5.74, 6) is 0.0342. The van der Waals surface area contributed by atoms with E-state index in [1.165, 1.54) is 6.07 Å². The van der Waals surface area contributed by atoms with E-state index in [-0.39, 0.29) is 13.3 Å². The van der Waals surface area contributed by atoms with Crippen molar-refractivity contribution in [1.29, 1.82) is 0 Å². The summed E-state index contributed by atoms with van der Waals surface area (Å²) in [5.41, 5.74) is 1.15. The smallest absolute Gasteiger partial charge is 0.252 e. The molecule has 1 heterocycles. The lowest BCUT2D eigenvalue weighted by atomic mass is 10.1. The first kappa shape index (κ1) is 18.0. The number of aliphatic hydroxyl groups excluding tert-OH is 1. The molecule has 7 nitrogen and oxygen atoms in total. The molecule has 2 aromatic carbocycles. The first-order valence-electron chi connectivity index (χ1n) is 7.90. The van der Waals surface area contributed by atoms with Crippen LogP contribution in [0.1, 0.15) is 15.9 Å². The van der Waals surface area contributed by atoms with Crippen LogP contribution in [-0.4, -0.2) is 36.4 Å². The highest BCUT2D eigenvalue weighted by Crippen LogP contribution is 2.32. The second-order valence-corrected chi connectivity index (χ2v) is 6.06. The lowest BCUT2D eigenvalue weighted by Gasteiger charge is -2.16. The van der Waals surface area contributed by atoms with Gasteiger partial charge in [0.05, 0.1) is 6.61 Å². The SMILES string of the molecule is O=C(N[C@@H](CO)C(=O)NCc1ccc(Cl)cc1)c1ccc2c(c1)OCO2. The van der Waals surface area contributed by atoms with Gasteiger partial charge in [0.25, 0.3) is 5.91 Å². The maximum atomic E-state index is 12.3. The van der Waals surface area contributed by atoms with Gasteiger partial charge in [0, 0.05) is 17.1 Å². The van der Waals surface area contributed by atoms with E-state index in [4.69, 9.17) is 21.1 Å². The van der Waals surface area contributed by atoms with Crippen molar-refractivity contribution in [2.75, 3.05) is 13.4 Å². The summed E-state index contributed by atoms with van der Waals surface area (Å²) in [6.07, 6.45) is 0. The summed E-state index contributed by atoms with van der Waals surface area (Å²) in [4.78, 5) is 24.5. The van der Waals surface area contributed by atoms with Gasteiger partial charge in [-0.1, -0.05) is 23.7 Å². The summed E-state index contributed by atoms with van der Waals surface area (Å²) in [6.45, 7) is -0.165. The normalized spacial score (nSPS) is 13.2. The quantitative estimate of drug-likeness (QED) is 0.709. The van der Waals surface area contributed by atoms with Gasteiger partial charge in [0.15, 0.2) is 11.5 Å². The zero-order valence-electron chi connectivity index (χ0n) is 13.7. The first-order chi connectivity index (χ1) is 12.6. The molecule has 0 saturated heterocycles. The molecule has 0 aliphatic carbocycles. The summed E-state index contributed by atoms with van der Waals surface area (Å²) >= 11 is 5.81. The molecule has 0 aromatic heterocycles. The van der Waals surface area contributed by atoms with Crippen LogP contribution in [0.15, 0.2) is 42.5 Å². The van der Waals surface area contributed by atoms with E-state index in [9.17, 15) is 14.7 Å². The van der Waals surface area contributed by atoms with Crippen molar-refractivity contribution in [3.05, 3.63) is 58.6 Å². The van der Waals surface area contributed by atoms with E-state index in [1.54, 1.807) is 36.4 Å². The fourth-order valence-electron chi connectivity index (χ4n) is 2.39. The molecule has 1 aliphatic rings. The predicted octanol–water partition coefficient (Wildman–Crippen LogP) is 1.48. The van der Waals surface area contributed by atoms with Crippen LogP contribution in [0, 0.1) is 0 Å². The van der Waals surface area contributed by atoms with Gasteiger partial charge in [-0.2, -0.15) is 0 Å². The molecule has 0 fully saturated rings. The van der Waals surface area contributed by atoms with Gasteiger partial charge < -0.3 is 25.2 Å². The number of rotatable bonds is 6. The average molecular weight is 377 g/mol. The van der Waals surface area contributed by atoms with Gasteiger partial charge in [-0.25, -0.2) is 0 Å². The minimum atomic E-state index is -1.07. The van der Waals surface area contributed by atoms with Crippen molar-refractivity contribution in [2.45, 2.75) is 12.6 Å². The molecular formula is C18H17ClN2O5. The standard InChI is InChI=1S/C18H17ClN2O5/c19-13-4-1-11(2-5-13)8-20-18(24)14(9-22)21-17(23)12-3-6-15-16(7-12)26-10-25-15/h1-7,14,22H,8-10H2,(H,20,24)(H,21,23)/t14-/m0/s1. The number of amides is 2. The second-order valence-electron chi connectivity index (χ2n) is 5.62. The Kier molecular flexibility index (Phi) is 5.60. The Labute approximate surface area is 154 Å². The summed E-state index contributed by atoms with van der Waals surface area (Å²) in [6, 6.07) is 10.6. The van der Waals surface area contributed by atoms with E-state index in [1.807, 2.05) is 0 Å². The Bertz CT molecular complexity index is 810. The number of carbonyl (C=O) groups excluding carboxylic acids is 2. The van der Waals surface area contributed by atoms with Gasteiger partial charge in [-0.3, -0.25) is 9.59 Å². The van der Waals surface area contributed by atoms with Crippen molar-refractivity contribution in [3.63, 3.8) is 0 Å². The van der Waals surface area contributed by atoms with E-state index in [2.05, 4.69) is 10.6 Å². The third kappa shape index (κ3) is 4.25. The zero-order valence-corrected chi connectivity index (χ0v) is 14.5. The molecule has 8 heteroatoms. The maximum Gasteiger partial charge on any atom is 0.252 e. The zero-order chi connectivity index (χ0) is 18.5. The molecule has 3 N–H and O–H groups in total. The number of nitrogens with one attached hydrogen (secondary N) is 2. The average Bonchev–Trinajstić information content (AvgIpc) is 3.13. The van der Waals surface area contributed by atoms with Crippen molar-refractivity contribution in [3.8, 4) is 11.5 Å². The Hall–Kier alpha value is -2.77. The highest BCUT2D eigenvalue weighted by atomic mass is 35.5. The molecule has 136 valence electrons. The Morgan fingerprint density at radius 2 is 1.85 bits per heavy atom. The number of aliphatic hydroxyl groups is 1. The second kappa shape index (κ2) is 8.07. The molecule has 0 radical (unpaired) electrons. The highest BCUT2D eigenvalue weighted by molar-refractivity contribution is 6.30.